The number of amides is 2. The molecular weight excluding hydrogens is 370 g/mol. The largest absolute Gasteiger partial charge is 0.356 e. The Balaban J connectivity index is 1.27. The molecule has 5 nitrogen and oxygen atoms in total. The maximum absolute atomic E-state index is 12.6. The van der Waals surface area contributed by atoms with E-state index in [2.05, 4.69) is 15.6 Å². The van der Waals surface area contributed by atoms with Crippen molar-refractivity contribution in [2.24, 2.45) is 23.7 Å². The first-order valence-electron chi connectivity index (χ1n) is 11.2. The van der Waals surface area contributed by atoms with Crippen LogP contribution in [0.4, 0.5) is 0 Å². The first kappa shape index (κ1) is 19.9. The van der Waals surface area contributed by atoms with Crippen LogP contribution in [0.15, 0.2) is 11.6 Å². The molecule has 0 radical (unpaired) electrons. The molecule has 0 aliphatic heterocycles. The Morgan fingerprint density at radius 2 is 1.64 bits per heavy atom. The lowest BCUT2D eigenvalue weighted by Gasteiger charge is -2.35. The van der Waals surface area contributed by atoms with Crippen molar-refractivity contribution in [1.29, 1.82) is 0 Å². The molecule has 3 aliphatic carbocycles. The summed E-state index contributed by atoms with van der Waals surface area (Å²) >= 11 is 1.65. The molecule has 154 valence electrons. The molecule has 4 rings (SSSR count). The molecule has 3 saturated carbocycles. The summed E-state index contributed by atoms with van der Waals surface area (Å²) in [6, 6.07) is 0.0575. The van der Waals surface area contributed by atoms with Gasteiger partial charge in [0.15, 0.2) is 0 Å². The molecule has 2 N–H and O–H groups in total. The third-order valence-corrected chi connectivity index (χ3v) is 8.00. The fraction of sp³-hybridized carbons (Fsp3) is 0.773. The van der Waals surface area contributed by atoms with Crippen LogP contribution >= 0.6 is 11.3 Å². The number of rotatable bonds is 7. The molecule has 2 amide bonds. The Labute approximate surface area is 172 Å². The minimum Gasteiger partial charge on any atom is -0.356 e. The van der Waals surface area contributed by atoms with Crippen LogP contribution in [-0.2, 0) is 9.59 Å². The van der Waals surface area contributed by atoms with Gasteiger partial charge in [-0.15, -0.1) is 11.3 Å². The normalized spacial score (nSPS) is 27.1. The molecular formula is C22H33N3O2S. The second-order valence-electron chi connectivity index (χ2n) is 8.99. The van der Waals surface area contributed by atoms with Crippen LogP contribution < -0.4 is 10.6 Å². The molecule has 3 fully saturated rings. The molecule has 1 aromatic heterocycles. The monoisotopic (exact) mass is 403 g/mol. The molecule has 0 saturated heterocycles. The number of carbonyl (C=O) groups is 2. The quantitative estimate of drug-likeness (QED) is 0.716. The van der Waals surface area contributed by atoms with Crippen molar-refractivity contribution in [1.82, 2.24) is 15.6 Å². The minimum atomic E-state index is 0.0575. The summed E-state index contributed by atoms with van der Waals surface area (Å²) in [4.78, 5) is 29.3. The first-order valence-corrected chi connectivity index (χ1v) is 12.1. The van der Waals surface area contributed by atoms with Gasteiger partial charge in [0, 0.05) is 30.0 Å². The van der Waals surface area contributed by atoms with Gasteiger partial charge in [0.2, 0.25) is 11.8 Å². The van der Waals surface area contributed by atoms with Gasteiger partial charge in [-0.2, -0.15) is 0 Å². The lowest BCUT2D eigenvalue weighted by Crippen LogP contribution is -2.41. The summed E-state index contributed by atoms with van der Waals surface area (Å²) in [5.41, 5.74) is 0. The average molecular weight is 404 g/mol. The van der Waals surface area contributed by atoms with E-state index in [1.54, 1.807) is 11.3 Å². The second kappa shape index (κ2) is 9.38. The van der Waals surface area contributed by atoms with Gasteiger partial charge < -0.3 is 10.6 Å². The lowest BCUT2D eigenvalue weighted by atomic mass is 9.78. The molecule has 1 atom stereocenters. The van der Waals surface area contributed by atoms with Gasteiger partial charge >= 0.3 is 0 Å². The standard InChI is InChI=1S/C22H33N3O2S/c26-20(17-4-1-2-5-17)24-14-15-8-10-16(11-9-15)19(22-23-12-13-28-22)25-21(27)18-6-3-7-18/h12-13,15-19H,1-11,14H2,(H,24,26)(H,25,27)/t15?,16?,19-/m1/s1. The number of hydrogen-bond acceptors (Lipinski definition) is 4. The summed E-state index contributed by atoms with van der Waals surface area (Å²) in [6.07, 6.45) is 14.1. The number of hydrogen-bond donors (Lipinski definition) is 2. The number of thiazole rings is 1. The topological polar surface area (TPSA) is 71.1 Å². The molecule has 1 aromatic rings. The molecule has 0 unspecified atom stereocenters. The van der Waals surface area contributed by atoms with Crippen molar-refractivity contribution < 1.29 is 9.59 Å². The highest BCUT2D eigenvalue weighted by molar-refractivity contribution is 7.09. The second-order valence-corrected chi connectivity index (χ2v) is 9.92. The summed E-state index contributed by atoms with van der Waals surface area (Å²) in [6.45, 7) is 0.818. The molecule has 3 aliphatic rings. The van der Waals surface area contributed by atoms with E-state index < -0.39 is 0 Å². The summed E-state index contributed by atoms with van der Waals surface area (Å²) in [5.74, 6) is 1.99. The molecule has 0 bridgehead atoms. The average Bonchev–Trinajstić information content (AvgIpc) is 3.37. The van der Waals surface area contributed by atoms with Crippen LogP contribution in [0.5, 0.6) is 0 Å². The van der Waals surface area contributed by atoms with Crippen LogP contribution in [0.1, 0.15) is 81.7 Å². The zero-order chi connectivity index (χ0) is 19.3. The zero-order valence-electron chi connectivity index (χ0n) is 16.7. The predicted molar refractivity (Wildman–Crippen MR) is 111 cm³/mol. The fourth-order valence-corrected chi connectivity index (χ4v) is 5.79. The van der Waals surface area contributed by atoms with Crippen molar-refractivity contribution in [3.63, 3.8) is 0 Å². The molecule has 0 aromatic carbocycles. The van der Waals surface area contributed by atoms with Gasteiger partial charge in [0.25, 0.3) is 0 Å². The summed E-state index contributed by atoms with van der Waals surface area (Å²) in [5, 5.41) is 9.59. The lowest BCUT2D eigenvalue weighted by molar-refractivity contribution is -0.129. The van der Waals surface area contributed by atoms with E-state index in [0.29, 0.717) is 11.8 Å². The Bertz CT molecular complexity index is 645. The highest BCUT2D eigenvalue weighted by Gasteiger charge is 2.34. The smallest absolute Gasteiger partial charge is 0.223 e. The number of nitrogens with one attached hydrogen (secondary N) is 2. The maximum Gasteiger partial charge on any atom is 0.223 e. The van der Waals surface area contributed by atoms with Crippen molar-refractivity contribution >= 4 is 23.2 Å². The third-order valence-electron chi connectivity index (χ3n) is 7.14. The van der Waals surface area contributed by atoms with Gasteiger partial charge in [-0.05, 0) is 63.2 Å². The van der Waals surface area contributed by atoms with Crippen molar-refractivity contribution in [3.05, 3.63) is 16.6 Å². The van der Waals surface area contributed by atoms with Gasteiger partial charge in [0.1, 0.15) is 5.01 Å². The Kier molecular flexibility index (Phi) is 6.65. The minimum absolute atomic E-state index is 0.0575. The van der Waals surface area contributed by atoms with Crippen LogP contribution in [0.25, 0.3) is 0 Å². The van der Waals surface area contributed by atoms with Crippen molar-refractivity contribution in [2.75, 3.05) is 6.54 Å². The Morgan fingerprint density at radius 3 is 2.25 bits per heavy atom. The van der Waals surface area contributed by atoms with Crippen LogP contribution in [0.3, 0.4) is 0 Å². The van der Waals surface area contributed by atoms with E-state index in [-0.39, 0.29) is 29.7 Å². The van der Waals surface area contributed by atoms with Crippen LogP contribution in [-0.4, -0.2) is 23.3 Å². The maximum atomic E-state index is 12.6. The van der Waals surface area contributed by atoms with Crippen molar-refractivity contribution in [3.8, 4) is 0 Å². The molecule has 1 heterocycles. The van der Waals surface area contributed by atoms with E-state index in [9.17, 15) is 9.59 Å². The number of nitrogens with zero attached hydrogens (tertiary/aromatic N) is 1. The van der Waals surface area contributed by atoms with Gasteiger partial charge in [-0.25, -0.2) is 4.98 Å². The van der Waals surface area contributed by atoms with E-state index in [1.807, 2.05) is 11.6 Å². The number of aromatic nitrogens is 1. The Morgan fingerprint density at radius 1 is 0.964 bits per heavy atom. The summed E-state index contributed by atoms with van der Waals surface area (Å²) < 4.78 is 0. The van der Waals surface area contributed by atoms with E-state index >= 15 is 0 Å². The van der Waals surface area contributed by atoms with Gasteiger partial charge in [0.05, 0.1) is 6.04 Å². The number of carbonyl (C=O) groups excluding carboxylic acids is 2. The fourth-order valence-electron chi connectivity index (χ4n) is 5.01. The van der Waals surface area contributed by atoms with E-state index in [0.717, 1.165) is 62.9 Å². The van der Waals surface area contributed by atoms with Gasteiger partial charge in [-0.1, -0.05) is 19.3 Å². The Hall–Kier alpha value is -1.43. The highest BCUT2D eigenvalue weighted by Crippen LogP contribution is 2.38. The molecule has 28 heavy (non-hydrogen) atoms. The SMILES string of the molecule is O=C(NCC1CCC([C@@H](NC(=O)C2CCC2)c2nccs2)CC1)C1CCCC1. The third kappa shape index (κ3) is 4.76. The van der Waals surface area contributed by atoms with Crippen molar-refractivity contribution in [2.45, 2.75) is 76.7 Å². The first-order chi connectivity index (χ1) is 13.7. The van der Waals surface area contributed by atoms with Crippen LogP contribution in [0, 0.1) is 23.7 Å². The predicted octanol–water partition coefficient (Wildman–Crippen LogP) is 4.21. The van der Waals surface area contributed by atoms with E-state index in [1.165, 1.54) is 19.3 Å². The molecule has 6 heteroatoms. The van der Waals surface area contributed by atoms with Crippen LogP contribution in [0.2, 0.25) is 0 Å². The molecule has 0 spiro atoms. The van der Waals surface area contributed by atoms with Gasteiger partial charge in [-0.3, -0.25) is 9.59 Å². The highest BCUT2D eigenvalue weighted by atomic mass is 32.1. The zero-order valence-corrected chi connectivity index (χ0v) is 17.5. The summed E-state index contributed by atoms with van der Waals surface area (Å²) in [7, 11) is 0. The van der Waals surface area contributed by atoms with E-state index in [4.69, 9.17) is 0 Å².